The molecule has 0 unspecified atom stereocenters. The molecule has 2 N–H and O–H groups in total. The summed E-state index contributed by atoms with van der Waals surface area (Å²) in [6.45, 7) is 5.81. The maximum absolute atomic E-state index is 9.83. The summed E-state index contributed by atoms with van der Waals surface area (Å²) in [5.74, 6) is 7.52. The van der Waals surface area contributed by atoms with Crippen molar-refractivity contribution < 1.29 is 19.7 Å². The number of aromatic nitrogens is 2. The van der Waals surface area contributed by atoms with Gasteiger partial charge in [-0.15, -0.1) is 0 Å². The highest BCUT2D eigenvalue weighted by Gasteiger charge is 2.34. The van der Waals surface area contributed by atoms with E-state index in [0.717, 1.165) is 35.7 Å². The second-order valence-electron chi connectivity index (χ2n) is 8.53. The maximum atomic E-state index is 9.83. The Balaban J connectivity index is 1.41. The average Bonchev–Trinajstić information content (AvgIpc) is 3.28. The number of ether oxygens (including phenoxy) is 2. The van der Waals surface area contributed by atoms with E-state index in [4.69, 9.17) is 9.47 Å². The van der Waals surface area contributed by atoms with Crippen LogP contribution in [0.2, 0.25) is 0 Å². The van der Waals surface area contributed by atoms with Crippen molar-refractivity contribution in [2.75, 3.05) is 26.4 Å². The molecule has 2 heterocycles. The number of hydrogen-bond donors (Lipinski definition) is 2. The predicted molar refractivity (Wildman–Crippen MR) is 122 cm³/mol. The number of hydrogen-bond acceptors (Lipinski definition) is 5. The van der Waals surface area contributed by atoms with Crippen LogP contribution in [-0.2, 0) is 4.74 Å². The van der Waals surface area contributed by atoms with Gasteiger partial charge in [0.05, 0.1) is 26.4 Å². The van der Waals surface area contributed by atoms with Gasteiger partial charge in [0.2, 0.25) is 0 Å². The van der Waals surface area contributed by atoms with Gasteiger partial charge in [0.25, 0.3) is 0 Å². The molecular formula is C26H28N2O4. The molecule has 0 aliphatic carbocycles. The Morgan fingerprint density at radius 2 is 1.78 bits per heavy atom. The lowest BCUT2D eigenvalue weighted by Crippen LogP contribution is -2.44. The molecule has 2 atom stereocenters. The molecule has 0 radical (unpaired) electrons. The van der Waals surface area contributed by atoms with E-state index in [1.807, 2.05) is 48.5 Å². The molecule has 0 spiro atoms. The fraction of sp³-hybridized carbons (Fsp3) is 0.346. The van der Waals surface area contributed by atoms with Crippen LogP contribution in [0.5, 0.6) is 5.75 Å². The smallest absolute Gasteiger partial charge is 0.138 e. The number of aliphatic hydroxyl groups excluding tert-OH is 2. The molecule has 1 fully saturated rings. The summed E-state index contributed by atoms with van der Waals surface area (Å²) in [5.41, 5.74) is 3.16. The highest BCUT2D eigenvalue weighted by molar-refractivity contribution is 5.65. The lowest BCUT2D eigenvalue weighted by atomic mass is 9.90. The molecule has 1 aliphatic rings. The molecular weight excluding hydrogens is 404 g/mol. The van der Waals surface area contributed by atoms with Crippen molar-refractivity contribution in [1.82, 2.24) is 9.55 Å². The third kappa shape index (κ3) is 5.03. The molecule has 1 aliphatic heterocycles. The van der Waals surface area contributed by atoms with E-state index >= 15 is 0 Å². The fourth-order valence-electron chi connectivity index (χ4n) is 3.56. The van der Waals surface area contributed by atoms with Crippen molar-refractivity contribution in [3.63, 3.8) is 0 Å². The quantitative estimate of drug-likeness (QED) is 0.558. The van der Waals surface area contributed by atoms with E-state index < -0.39 is 12.1 Å². The Kier molecular flexibility index (Phi) is 6.61. The first-order chi connectivity index (χ1) is 15.5. The van der Waals surface area contributed by atoms with Gasteiger partial charge in [-0.3, -0.25) is 0 Å². The molecule has 0 saturated carbocycles. The zero-order valence-corrected chi connectivity index (χ0v) is 18.4. The van der Waals surface area contributed by atoms with Crippen molar-refractivity contribution in [1.29, 1.82) is 0 Å². The Labute approximate surface area is 188 Å². The molecule has 6 heteroatoms. The monoisotopic (exact) mass is 432 g/mol. The molecule has 2 aromatic carbocycles. The first kappa shape index (κ1) is 22.1. The third-order valence-electron chi connectivity index (χ3n) is 5.53. The largest absolute Gasteiger partial charge is 0.493 e. The number of imidazole rings is 1. The topological polar surface area (TPSA) is 76.7 Å². The summed E-state index contributed by atoms with van der Waals surface area (Å²) in [6, 6.07) is 15.6. The lowest BCUT2D eigenvalue weighted by Gasteiger charge is -2.37. The predicted octanol–water partition coefficient (Wildman–Crippen LogP) is 3.60. The van der Waals surface area contributed by atoms with Crippen LogP contribution >= 0.6 is 0 Å². The van der Waals surface area contributed by atoms with Crippen molar-refractivity contribution in [2.45, 2.75) is 26.0 Å². The van der Waals surface area contributed by atoms with Gasteiger partial charge in [-0.25, -0.2) is 4.98 Å². The van der Waals surface area contributed by atoms with Crippen LogP contribution in [0.15, 0.2) is 60.9 Å². The van der Waals surface area contributed by atoms with Crippen molar-refractivity contribution in [3.05, 3.63) is 72.3 Å². The number of rotatable bonds is 7. The Morgan fingerprint density at radius 1 is 1.12 bits per heavy atom. The van der Waals surface area contributed by atoms with Gasteiger partial charge in [-0.1, -0.05) is 43.0 Å². The highest BCUT2D eigenvalue weighted by atomic mass is 16.5. The van der Waals surface area contributed by atoms with Gasteiger partial charge in [0.15, 0.2) is 0 Å². The molecule has 1 aromatic heterocycles. The lowest BCUT2D eigenvalue weighted by molar-refractivity contribution is -0.120. The normalized spacial score (nSPS) is 16.4. The Bertz CT molecular complexity index is 1090. The fourth-order valence-corrected chi connectivity index (χ4v) is 3.56. The van der Waals surface area contributed by atoms with Gasteiger partial charge < -0.3 is 24.3 Å². The summed E-state index contributed by atoms with van der Waals surface area (Å²) in [4.78, 5) is 4.14. The minimum atomic E-state index is -0.729. The zero-order chi connectivity index (χ0) is 22.6. The van der Waals surface area contributed by atoms with E-state index in [0.29, 0.717) is 12.4 Å². The minimum absolute atomic E-state index is 0.125. The molecule has 0 bridgehead atoms. The standard InChI is InChI=1S/C26H28N2O4/c1-19(30)25-27-13-14-28(25)23(15-29)10-5-20-3-6-21(7-4-20)22-8-11-24(12-9-22)32-18-26(2)16-31-17-26/h3-4,6-9,11-14,19,23,29-30H,15-18H2,1-2H3/t19-,23-/m0/s1. The van der Waals surface area contributed by atoms with E-state index in [-0.39, 0.29) is 12.0 Å². The first-order valence-electron chi connectivity index (χ1n) is 10.7. The average molecular weight is 433 g/mol. The van der Waals surface area contributed by atoms with Crippen molar-refractivity contribution in [3.8, 4) is 28.7 Å². The van der Waals surface area contributed by atoms with Gasteiger partial charge in [-0.05, 0) is 42.3 Å². The zero-order valence-electron chi connectivity index (χ0n) is 18.4. The Morgan fingerprint density at radius 3 is 2.34 bits per heavy atom. The van der Waals surface area contributed by atoms with Crippen LogP contribution in [0.1, 0.15) is 37.4 Å². The molecule has 0 amide bonds. The van der Waals surface area contributed by atoms with Crippen molar-refractivity contribution >= 4 is 0 Å². The summed E-state index contributed by atoms with van der Waals surface area (Å²) < 4.78 is 12.9. The van der Waals surface area contributed by atoms with Crippen molar-refractivity contribution in [2.24, 2.45) is 5.41 Å². The van der Waals surface area contributed by atoms with Crippen LogP contribution in [0.25, 0.3) is 11.1 Å². The van der Waals surface area contributed by atoms with E-state index in [1.54, 1.807) is 23.9 Å². The number of nitrogens with zero attached hydrogens (tertiary/aromatic N) is 2. The van der Waals surface area contributed by atoms with Crippen LogP contribution in [0, 0.1) is 17.3 Å². The summed E-state index contributed by atoms with van der Waals surface area (Å²) in [5, 5.41) is 19.6. The van der Waals surface area contributed by atoms with Crippen LogP contribution < -0.4 is 4.74 Å². The van der Waals surface area contributed by atoms with Crippen LogP contribution in [-0.4, -0.2) is 46.2 Å². The summed E-state index contributed by atoms with van der Waals surface area (Å²) in [7, 11) is 0. The first-order valence-corrected chi connectivity index (χ1v) is 10.7. The van der Waals surface area contributed by atoms with Crippen LogP contribution in [0.4, 0.5) is 0 Å². The highest BCUT2D eigenvalue weighted by Crippen LogP contribution is 2.28. The van der Waals surface area contributed by atoms with Gasteiger partial charge in [0, 0.05) is 23.4 Å². The van der Waals surface area contributed by atoms with E-state index in [2.05, 4.69) is 23.7 Å². The summed E-state index contributed by atoms with van der Waals surface area (Å²) >= 11 is 0. The SMILES string of the molecule is C[C@H](O)c1nccn1[C@@H](C#Cc1ccc(-c2ccc(OCC3(C)COC3)cc2)cc1)CO. The maximum Gasteiger partial charge on any atom is 0.138 e. The molecule has 1 saturated heterocycles. The number of aliphatic hydroxyl groups is 2. The van der Waals surface area contributed by atoms with Gasteiger partial charge >= 0.3 is 0 Å². The summed E-state index contributed by atoms with van der Waals surface area (Å²) in [6.07, 6.45) is 2.58. The molecule has 6 nitrogen and oxygen atoms in total. The van der Waals surface area contributed by atoms with Crippen LogP contribution in [0.3, 0.4) is 0 Å². The molecule has 4 rings (SSSR count). The minimum Gasteiger partial charge on any atom is -0.493 e. The third-order valence-corrected chi connectivity index (χ3v) is 5.53. The Hall–Kier alpha value is -3.11. The number of benzene rings is 2. The van der Waals surface area contributed by atoms with E-state index in [9.17, 15) is 10.2 Å². The molecule has 3 aromatic rings. The van der Waals surface area contributed by atoms with Gasteiger partial charge in [-0.2, -0.15) is 0 Å². The molecule has 166 valence electrons. The molecule has 32 heavy (non-hydrogen) atoms. The second kappa shape index (κ2) is 9.58. The van der Waals surface area contributed by atoms with E-state index in [1.165, 1.54) is 0 Å². The second-order valence-corrected chi connectivity index (χ2v) is 8.53. The van der Waals surface area contributed by atoms with Gasteiger partial charge in [0.1, 0.15) is 23.7 Å².